The highest BCUT2D eigenvalue weighted by molar-refractivity contribution is 7.99. The van der Waals surface area contributed by atoms with E-state index in [0.717, 1.165) is 30.9 Å². The number of rotatable bonds is 3. The summed E-state index contributed by atoms with van der Waals surface area (Å²) in [6.07, 6.45) is 1.80. The fourth-order valence-electron chi connectivity index (χ4n) is 2.91. The number of amides is 1. The topological polar surface area (TPSA) is 69.6 Å². The first-order chi connectivity index (χ1) is 9.08. The Morgan fingerprint density at radius 2 is 2.26 bits per heavy atom. The molecule has 2 fully saturated rings. The summed E-state index contributed by atoms with van der Waals surface area (Å²) in [5.41, 5.74) is 0. The Morgan fingerprint density at radius 3 is 2.95 bits per heavy atom. The Hall–Kier alpha value is -0.750. The van der Waals surface area contributed by atoms with Crippen LogP contribution in [0.4, 0.5) is 0 Å². The molecule has 6 heteroatoms. The molecule has 2 aliphatic heterocycles. The first-order valence-corrected chi connectivity index (χ1v) is 8.06. The van der Waals surface area contributed by atoms with Gasteiger partial charge in [-0.15, -0.1) is 0 Å². The van der Waals surface area contributed by atoms with E-state index in [1.54, 1.807) is 11.8 Å². The Bertz CT molecular complexity index is 351. The standard InChI is InChI=1S/C13H22N2O3S/c1-9-6-10(2-3-14-9)13(18)15-4-5-19-8-11(15)7-12(16)17/h9-11,14H,2-8H2,1H3,(H,16,17). The van der Waals surface area contributed by atoms with Gasteiger partial charge in [-0.3, -0.25) is 9.59 Å². The van der Waals surface area contributed by atoms with Gasteiger partial charge in [0.2, 0.25) is 5.91 Å². The predicted octanol–water partition coefficient (Wildman–Crippen LogP) is 0.793. The molecule has 2 saturated heterocycles. The van der Waals surface area contributed by atoms with E-state index in [1.165, 1.54) is 0 Å². The molecular weight excluding hydrogens is 264 g/mol. The Morgan fingerprint density at radius 1 is 1.47 bits per heavy atom. The van der Waals surface area contributed by atoms with Crippen molar-refractivity contribution in [3.8, 4) is 0 Å². The number of nitrogens with zero attached hydrogens (tertiary/aromatic N) is 1. The zero-order chi connectivity index (χ0) is 13.8. The van der Waals surface area contributed by atoms with Crippen molar-refractivity contribution in [1.29, 1.82) is 0 Å². The number of hydrogen-bond acceptors (Lipinski definition) is 4. The third-order valence-corrected chi connectivity index (χ3v) is 4.99. The molecule has 5 nitrogen and oxygen atoms in total. The molecule has 0 saturated carbocycles. The SMILES string of the molecule is CC1CC(C(=O)N2CCSCC2CC(=O)O)CCN1. The predicted molar refractivity (Wildman–Crippen MR) is 75.3 cm³/mol. The van der Waals surface area contributed by atoms with Crippen LogP contribution in [0.1, 0.15) is 26.2 Å². The molecule has 2 rings (SSSR count). The van der Waals surface area contributed by atoms with Crippen molar-refractivity contribution < 1.29 is 14.7 Å². The molecule has 0 aromatic rings. The molecule has 0 aliphatic carbocycles. The molecule has 2 aliphatic rings. The number of aliphatic carboxylic acids is 1. The van der Waals surface area contributed by atoms with E-state index >= 15 is 0 Å². The minimum Gasteiger partial charge on any atom is -0.481 e. The third kappa shape index (κ3) is 3.86. The number of carbonyl (C=O) groups is 2. The number of thioether (sulfide) groups is 1. The van der Waals surface area contributed by atoms with E-state index in [1.807, 2.05) is 4.90 Å². The van der Waals surface area contributed by atoms with E-state index in [9.17, 15) is 9.59 Å². The van der Waals surface area contributed by atoms with Gasteiger partial charge in [-0.2, -0.15) is 11.8 Å². The van der Waals surface area contributed by atoms with Crippen LogP contribution >= 0.6 is 11.8 Å². The van der Waals surface area contributed by atoms with Crippen molar-refractivity contribution in [2.75, 3.05) is 24.6 Å². The summed E-state index contributed by atoms with van der Waals surface area (Å²) in [7, 11) is 0. The molecule has 1 amide bonds. The van der Waals surface area contributed by atoms with Crippen molar-refractivity contribution in [3.63, 3.8) is 0 Å². The second kappa shape index (κ2) is 6.61. The van der Waals surface area contributed by atoms with E-state index < -0.39 is 5.97 Å². The molecule has 0 aromatic heterocycles. The van der Waals surface area contributed by atoms with E-state index in [4.69, 9.17) is 5.11 Å². The number of nitrogens with one attached hydrogen (secondary N) is 1. The lowest BCUT2D eigenvalue weighted by molar-refractivity contribution is -0.142. The maximum atomic E-state index is 12.6. The minimum absolute atomic E-state index is 0.0654. The highest BCUT2D eigenvalue weighted by Crippen LogP contribution is 2.25. The summed E-state index contributed by atoms with van der Waals surface area (Å²) in [5, 5.41) is 12.3. The number of carboxylic acids is 1. The average molecular weight is 286 g/mol. The minimum atomic E-state index is -0.816. The van der Waals surface area contributed by atoms with Crippen LogP contribution in [-0.4, -0.2) is 58.6 Å². The smallest absolute Gasteiger partial charge is 0.305 e. The maximum Gasteiger partial charge on any atom is 0.305 e. The van der Waals surface area contributed by atoms with Gasteiger partial charge in [0.05, 0.1) is 12.5 Å². The van der Waals surface area contributed by atoms with Gasteiger partial charge in [0.25, 0.3) is 0 Å². The van der Waals surface area contributed by atoms with Crippen LogP contribution in [0.5, 0.6) is 0 Å². The van der Waals surface area contributed by atoms with Crippen LogP contribution in [0.3, 0.4) is 0 Å². The lowest BCUT2D eigenvalue weighted by atomic mass is 9.91. The maximum absolute atomic E-state index is 12.6. The van der Waals surface area contributed by atoms with Gasteiger partial charge in [0, 0.05) is 30.0 Å². The second-order valence-electron chi connectivity index (χ2n) is 5.43. The van der Waals surface area contributed by atoms with Crippen molar-refractivity contribution in [3.05, 3.63) is 0 Å². The van der Waals surface area contributed by atoms with Crippen LogP contribution in [0.25, 0.3) is 0 Å². The first kappa shape index (κ1) is 14.7. The summed E-state index contributed by atoms with van der Waals surface area (Å²) in [4.78, 5) is 25.3. The summed E-state index contributed by atoms with van der Waals surface area (Å²) < 4.78 is 0. The molecule has 19 heavy (non-hydrogen) atoms. The molecule has 0 radical (unpaired) electrons. The Labute approximate surface area is 118 Å². The molecule has 3 unspecified atom stereocenters. The Balaban J connectivity index is 2.00. The van der Waals surface area contributed by atoms with Crippen LogP contribution in [0, 0.1) is 5.92 Å². The van der Waals surface area contributed by atoms with Gasteiger partial charge in [-0.25, -0.2) is 0 Å². The van der Waals surface area contributed by atoms with E-state index in [-0.39, 0.29) is 24.3 Å². The molecule has 3 atom stereocenters. The van der Waals surface area contributed by atoms with Crippen molar-refractivity contribution in [2.24, 2.45) is 5.92 Å². The van der Waals surface area contributed by atoms with Gasteiger partial charge in [-0.05, 0) is 26.3 Å². The Kier molecular flexibility index (Phi) is 5.10. The van der Waals surface area contributed by atoms with E-state index in [2.05, 4.69) is 12.2 Å². The van der Waals surface area contributed by atoms with E-state index in [0.29, 0.717) is 12.6 Å². The van der Waals surface area contributed by atoms with Gasteiger partial charge in [0.1, 0.15) is 0 Å². The second-order valence-corrected chi connectivity index (χ2v) is 6.58. The van der Waals surface area contributed by atoms with Crippen LogP contribution in [0.2, 0.25) is 0 Å². The summed E-state index contributed by atoms with van der Waals surface area (Å²) in [6.45, 7) is 3.67. The first-order valence-electron chi connectivity index (χ1n) is 6.91. The summed E-state index contributed by atoms with van der Waals surface area (Å²) in [6, 6.07) is 0.244. The highest BCUT2D eigenvalue weighted by Gasteiger charge is 2.34. The van der Waals surface area contributed by atoms with Gasteiger partial charge < -0.3 is 15.3 Å². The van der Waals surface area contributed by atoms with Crippen LogP contribution in [-0.2, 0) is 9.59 Å². The summed E-state index contributed by atoms with van der Waals surface area (Å²) in [5.74, 6) is 1.08. The van der Waals surface area contributed by atoms with Crippen molar-refractivity contribution >= 4 is 23.6 Å². The summed E-state index contributed by atoms with van der Waals surface area (Å²) >= 11 is 1.74. The average Bonchev–Trinajstić information content (AvgIpc) is 2.38. The molecular formula is C13H22N2O3S. The lowest BCUT2D eigenvalue weighted by Crippen LogP contribution is -2.51. The number of carboxylic acid groups (broad SMARTS) is 1. The molecule has 0 bridgehead atoms. The molecule has 2 N–H and O–H groups in total. The largest absolute Gasteiger partial charge is 0.481 e. The van der Waals surface area contributed by atoms with Crippen molar-refractivity contribution in [1.82, 2.24) is 10.2 Å². The van der Waals surface area contributed by atoms with Crippen LogP contribution in [0.15, 0.2) is 0 Å². The normalized spacial score (nSPS) is 32.1. The lowest BCUT2D eigenvalue weighted by Gasteiger charge is -2.38. The zero-order valence-corrected chi connectivity index (χ0v) is 12.1. The number of piperidine rings is 1. The number of hydrogen-bond donors (Lipinski definition) is 2. The highest BCUT2D eigenvalue weighted by atomic mass is 32.2. The van der Waals surface area contributed by atoms with Gasteiger partial charge >= 0.3 is 5.97 Å². The quantitative estimate of drug-likeness (QED) is 0.803. The van der Waals surface area contributed by atoms with Crippen molar-refractivity contribution in [2.45, 2.75) is 38.3 Å². The molecule has 0 spiro atoms. The fourth-order valence-corrected chi connectivity index (χ4v) is 3.97. The molecule has 0 aromatic carbocycles. The monoisotopic (exact) mass is 286 g/mol. The van der Waals surface area contributed by atoms with Gasteiger partial charge in [0.15, 0.2) is 0 Å². The third-order valence-electron chi connectivity index (χ3n) is 3.89. The van der Waals surface area contributed by atoms with Gasteiger partial charge in [-0.1, -0.05) is 0 Å². The zero-order valence-electron chi connectivity index (χ0n) is 11.3. The molecule has 108 valence electrons. The van der Waals surface area contributed by atoms with Crippen LogP contribution < -0.4 is 5.32 Å². The molecule has 2 heterocycles. The number of carbonyl (C=O) groups excluding carboxylic acids is 1. The fraction of sp³-hybridized carbons (Fsp3) is 0.846.